The van der Waals surface area contributed by atoms with Gasteiger partial charge in [0.2, 0.25) is 0 Å². The van der Waals surface area contributed by atoms with E-state index < -0.39 is 0 Å². The Hall–Kier alpha value is -0.300. The molecule has 0 unspecified atom stereocenters. The van der Waals surface area contributed by atoms with Crippen molar-refractivity contribution in [1.29, 1.82) is 0 Å². The number of hydrogen-bond donors (Lipinski definition) is 0. The molecule has 4 aromatic carbocycles. The summed E-state index contributed by atoms with van der Waals surface area (Å²) in [7, 11) is 0. The Morgan fingerprint density at radius 3 is 1.32 bits per heavy atom. The molecule has 0 aliphatic heterocycles. The van der Waals surface area contributed by atoms with Crippen LogP contribution in [0.15, 0.2) is 93.9 Å². The molecule has 196 valence electrons. The molecule has 0 fully saturated rings. The van der Waals surface area contributed by atoms with Gasteiger partial charge in [-0.1, -0.05) is 80.4 Å². The Morgan fingerprint density at radius 2 is 1.03 bits per heavy atom. The number of halogens is 4. The molecule has 8 heteroatoms. The van der Waals surface area contributed by atoms with Crippen molar-refractivity contribution in [3.8, 4) is 20.9 Å². The summed E-state index contributed by atoms with van der Waals surface area (Å²) < 4.78 is 2.34. The third kappa shape index (κ3) is 8.85. The van der Waals surface area contributed by atoms with Crippen molar-refractivity contribution in [1.82, 2.24) is 0 Å². The van der Waals surface area contributed by atoms with Crippen molar-refractivity contribution < 1.29 is 48.1 Å². The largest absolute Gasteiger partial charge is 1.00 e. The van der Waals surface area contributed by atoms with Gasteiger partial charge in [0.25, 0.3) is 0 Å². The Morgan fingerprint density at radius 1 is 0.658 bits per heavy atom. The minimum absolute atomic E-state index is 0. The van der Waals surface area contributed by atoms with Crippen LogP contribution in [-0.4, -0.2) is 5.43 Å². The average molecular weight is 801 g/mol. The summed E-state index contributed by atoms with van der Waals surface area (Å²) in [6.45, 7) is 8.91. The summed E-state index contributed by atoms with van der Waals surface area (Å²) in [5.41, 5.74) is 2.85. The molecule has 0 saturated heterocycles. The maximum atomic E-state index is 3.59. The molecule has 0 radical (unpaired) electrons. The van der Waals surface area contributed by atoms with Crippen LogP contribution in [0.4, 0.5) is 0 Å². The fourth-order valence-corrected chi connectivity index (χ4v) is 6.56. The molecular formula is C30H26Br2Cl2S2SiZr-2. The van der Waals surface area contributed by atoms with Gasteiger partial charge in [-0.3, -0.25) is 0 Å². The minimum atomic E-state index is 0. The Labute approximate surface area is 278 Å². The van der Waals surface area contributed by atoms with Gasteiger partial charge in [0.1, 0.15) is 0 Å². The van der Waals surface area contributed by atoms with E-state index in [2.05, 4.69) is 144 Å². The van der Waals surface area contributed by atoms with Gasteiger partial charge >= 0.3 is 41.9 Å². The van der Waals surface area contributed by atoms with E-state index >= 15 is 0 Å². The van der Waals surface area contributed by atoms with E-state index in [1.807, 2.05) is 22.7 Å². The van der Waals surface area contributed by atoms with E-state index in [4.69, 9.17) is 0 Å². The van der Waals surface area contributed by atoms with Crippen LogP contribution in [0.2, 0.25) is 13.1 Å². The predicted octanol–water partition coefficient (Wildman–Crippen LogP) is 5.51. The van der Waals surface area contributed by atoms with Crippen LogP contribution < -0.4 is 24.8 Å². The van der Waals surface area contributed by atoms with Crippen molar-refractivity contribution in [2.24, 2.45) is 0 Å². The maximum Gasteiger partial charge on any atom is -0.00658 e. The van der Waals surface area contributed by atoms with Crippen LogP contribution in [0.5, 0.6) is 0 Å². The fourth-order valence-electron chi connectivity index (χ4n) is 3.86. The summed E-state index contributed by atoms with van der Waals surface area (Å²) in [5.74, 6) is 0. The second kappa shape index (κ2) is 15.6. The van der Waals surface area contributed by atoms with E-state index in [0.717, 1.165) is 0 Å². The van der Waals surface area contributed by atoms with Crippen molar-refractivity contribution in [2.75, 3.05) is 0 Å². The fraction of sp³-hybridized carbons (Fsp3) is 0.133. The molecule has 2 aromatic heterocycles. The topological polar surface area (TPSA) is 0 Å². The van der Waals surface area contributed by atoms with Crippen molar-refractivity contribution in [3.63, 3.8) is 0 Å². The molecular weight excluding hydrogens is 774 g/mol. The van der Waals surface area contributed by atoms with Crippen LogP contribution in [0, 0.1) is 13.8 Å². The molecule has 0 N–H and O–H groups in total. The van der Waals surface area contributed by atoms with Gasteiger partial charge in [0.15, 0.2) is 0 Å². The first-order valence-electron chi connectivity index (χ1n) is 11.6. The smallest absolute Gasteiger partial charge is 0.00658 e. The van der Waals surface area contributed by atoms with Crippen LogP contribution in [0.25, 0.3) is 42.4 Å². The molecule has 0 nitrogen and oxygen atoms in total. The molecule has 0 amide bonds. The summed E-state index contributed by atoms with van der Waals surface area (Å²) in [4.78, 5) is 5.42. The number of aryl methyl sites for hydroxylation is 2. The van der Waals surface area contributed by atoms with E-state index in [1.54, 1.807) is 23.3 Å². The quantitative estimate of drug-likeness (QED) is 0.160. The zero-order valence-corrected chi connectivity index (χ0v) is 31.2. The number of fused-ring (bicyclic) bond motifs is 2. The first kappa shape index (κ1) is 33.9. The third-order valence-electron chi connectivity index (χ3n) is 5.44. The van der Waals surface area contributed by atoms with Gasteiger partial charge in [-0.25, -0.2) is 0 Å². The van der Waals surface area contributed by atoms with Crippen molar-refractivity contribution in [3.05, 3.63) is 104 Å². The molecule has 6 rings (SSSR count). The summed E-state index contributed by atoms with van der Waals surface area (Å²) in [5, 5.41) is 5.19. The maximum absolute atomic E-state index is 3.59. The van der Waals surface area contributed by atoms with E-state index in [-0.39, 0.29) is 30.2 Å². The van der Waals surface area contributed by atoms with Crippen LogP contribution in [-0.2, 0) is 23.3 Å². The van der Waals surface area contributed by atoms with Crippen LogP contribution in [0.3, 0.4) is 0 Å². The monoisotopic (exact) mass is 796 g/mol. The first-order chi connectivity index (χ1) is 17.2. The molecule has 6 aromatic rings. The molecule has 0 atom stereocenters. The summed E-state index contributed by atoms with van der Waals surface area (Å²) in [6, 6.07) is 30.4. The van der Waals surface area contributed by atoms with Crippen molar-refractivity contribution >= 4 is 81.5 Å². The van der Waals surface area contributed by atoms with Gasteiger partial charge in [-0.15, -0.1) is 69.1 Å². The summed E-state index contributed by atoms with van der Waals surface area (Å²) in [6.07, 6.45) is 0. The van der Waals surface area contributed by atoms with Gasteiger partial charge in [-0.05, 0) is 42.3 Å². The number of rotatable bonds is 2. The molecule has 0 bridgehead atoms. The predicted molar refractivity (Wildman–Crippen MR) is 168 cm³/mol. The molecule has 2 heterocycles. The van der Waals surface area contributed by atoms with Gasteiger partial charge in [-0.2, -0.15) is 22.7 Å². The second-order valence-corrected chi connectivity index (χ2v) is 22.5. The molecule has 0 saturated carbocycles. The Bertz CT molecular complexity index is 1520. The first-order valence-corrected chi connectivity index (χ1v) is 21.0. The van der Waals surface area contributed by atoms with Gasteiger partial charge in [0, 0.05) is 0 Å². The average Bonchev–Trinajstić information content (AvgIpc) is 3.59. The SMILES string of the molecule is C[Si](C)=[Zr+2].Cc1ccc(-c2cc3c(Br)cccc3[cH-]2)s1.Cc1ccc(-c2cc3c(Br)cccc3[cH-]2)s1.[Cl-].[Cl-]. The van der Waals surface area contributed by atoms with Gasteiger partial charge in [0.05, 0.1) is 0 Å². The number of hydrogen-bond acceptors (Lipinski definition) is 2. The number of benzene rings is 2. The zero-order chi connectivity index (χ0) is 25.8. The minimum Gasteiger partial charge on any atom is -1.00 e. The number of thiophene rings is 2. The molecule has 38 heavy (non-hydrogen) atoms. The molecule has 0 spiro atoms. The third-order valence-corrected chi connectivity index (χ3v) is 8.93. The summed E-state index contributed by atoms with van der Waals surface area (Å²) >= 11 is 12.6. The Kier molecular flexibility index (Phi) is 13.9. The van der Waals surface area contributed by atoms with Crippen LogP contribution >= 0.6 is 54.5 Å². The van der Waals surface area contributed by atoms with E-state index in [1.165, 1.54) is 61.1 Å². The second-order valence-electron chi connectivity index (χ2n) is 8.79. The van der Waals surface area contributed by atoms with Crippen molar-refractivity contribution in [2.45, 2.75) is 26.9 Å². The van der Waals surface area contributed by atoms with Crippen LogP contribution in [0.1, 0.15) is 9.75 Å². The standard InChI is InChI=1S/2C14H10BrS.C2H6Si.2ClH.Zr/c2*1-9-5-6-14(16-9)11-7-10-3-2-4-13(15)12(10)8-11;1-3-2;;;/h2*2-8H,1H3;1-2H3;2*1H;/q2*-1;;;;+2/p-2. The molecule has 0 aliphatic rings. The normalized spacial score (nSPS) is 10.1. The Balaban J connectivity index is 0.000000224. The molecule has 0 aliphatic carbocycles. The van der Waals surface area contributed by atoms with E-state index in [9.17, 15) is 0 Å². The van der Waals surface area contributed by atoms with E-state index in [0.29, 0.717) is 0 Å². The zero-order valence-electron chi connectivity index (χ0n) is 21.4. The van der Waals surface area contributed by atoms with Gasteiger partial charge < -0.3 is 24.8 Å².